The maximum atomic E-state index is 10.6. The molecule has 1 rings (SSSR count). The van der Waals surface area contributed by atoms with Gasteiger partial charge in [0.2, 0.25) is 0 Å². The monoisotopic (exact) mass is 185 g/mol. The van der Waals surface area contributed by atoms with Crippen LogP contribution in [0.3, 0.4) is 0 Å². The first-order valence-electron chi connectivity index (χ1n) is 3.64. The van der Waals surface area contributed by atoms with Gasteiger partial charge in [-0.05, 0) is 5.92 Å². The molecule has 0 aliphatic carbocycles. The minimum absolute atomic E-state index is 0.226. The SMILES string of the molecule is CC(C)c1scc(C(=O)O)c1N. The fourth-order valence-corrected chi connectivity index (χ4v) is 1.98. The van der Waals surface area contributed by atoms with Crippen molar-refractivity contribution in [2.24, 2.45) is 0 Å². The average Bonchev–Trinajstić information content (AvgIpc) is 2.30. The summed E-state index contributed by atoms with van der Waals surface area (Å²) in [5, 5.41) is 10.3. The summed E-state index contributed by atoms with van der Waals surface area (Å²) in [7, 11) is 0. The zero-order valence-electron chi connectivity index (χ0n) is 7.00. The van der Waals surface area contributed by atoms with Crippen LogP contribution in [-0.4, -0.2) is 11.1 Å². The Hall–Kier alpha value is -1.03. The number of hydrogen-bond acceptors (Lipinski definition) is 3. The molecule has 4 heteroatoms. The Labute approximate surface area is 74.8 Å². The number of carbonyl (C=O) groups is 1. The van der Waals surface area contributed by atoms with Crippen LogP contribution in [0.5, 0.6) is 0 Å². The highest BCUT2D eigenvalue weighted by atomic mass is 32.1. The summed E-state index contributed by atoms with van der Waals surface area (Å²) in [6, 6.07) is 0. The van der Waals surface area contributed by atoms with Crippen molar-refractivity contribution in [2.45, 2.75) is 19.8 Å². The van der Waals surface area contributed by atoms with E-state index in [1.807, 2.05) is 13.8 Å². The number of thiophene rings is 1. The van der Waals surface area contributed by atoms with Crippen molar-refractivity contribution in [1.29, 1.82) is 0 Å². The molecule has 0 amide bonds. The van der Waals surface area contributed by atoms with Gasteiger partial charge in [-0.25, -0.2) is 4.79 Å². The van der Waals surface area contributed by atoms with Crippen LogP contribution in [-0.2, 0) is 0 Å². The lowest BCUT2D eigenvalue weighted by molar-refractivity contribution is 0.0698. The lowest BCUT2D eigenvalue weighted by atomic mass is 10.1. The second kappa shape index (κ2) is 3.15. The molecule has 0 saturated carbocycles. The van der Waals surface area contributed by atoms with Gasteiger partial charge in [0.15, 0.2) is 0 Å². The first-order chi connectivity index (χ1) is 5.54. The summed E-state index contributed by atoms with van der Waals surface area (Å²) in [5.74, 6) is -0.654. The minimum atomic E-state index is -0.948. The van der Waals surface area contributed by atoms with Crippen LogP contribution in [0.15, 0.2) is 5.38 Å². The van der Waals surface area contributed by atoms with E-state index in [-0.39, 0.29) is 5.56 Å². The predicted molar refractivity (Wildman–Crippen MR) is 49.8 cm³/mol. The highest BCUT2D eigenvalue weighted by molar-refractivity contribution is 7.11. The van der Waals surface area contributed by atoms with E-state index < -0.39 is 5.97 Å². The van der Waals surface area contributed by atoms with Gasteiger partial charge in [-0.3, -0.25) is 0 Å². The first-order valence-corrected chi connectivity index (χ1v) is 4.52. The van der Waals surface area contributed by atoms with Crippen LogP contribution in [0.4, 0.5) is 5.69 Å². The molecule has 0 atom stereocenters. The Bertz CT molecular complexity index is 304. The van der Waals surface area contributed by atoms with E-state index in [1.165, 1.54) is 11.3 Å². The molecule has 66 valence electrons. The van der Waals surface area contributed by atoms with E-state index in [1.54, 1.807) is 5.38 Å². The zero-order chi connectivity index (χ0) is 9.30. The lowest BCUT2D eigenvalue weighted by Gasteiger charge is -2.02. The van der Waals surface area contributed by atoms with Gasteiger partial charge in [-0.15, -0.1) is 11.3 Å². The number of hydrogen-bond donors (Lipinski definition) is 2. The molecule has 0 aliphatic heterocycles. The Morgan fingerprint density at radius 3 is 2.50 bits per heavy atom. The molecule has 0 aromatic carbocycles. The standard InChI is InChI=1S/C8H11NO2S/c1-4(2)7-6(9)5(3-12-7)8(10)11/h3-4H,9H2,1-2H3,(H,10,11). The van der Waals surface area contributed by atoms with E-state index in [4.69, 9.17) is 10.8 Å². The molecule has 3 nitrogen and oxygen atoms in total. The molecule has 1 aromatic rings. The van der Waals surface area contributed by atoms with Gasteiger partial charge in [0.05, 0.1) is 11.3 Å². The van der Waals surface area contributed by atoms with Crippen LogP contribution in [0.1, 0.15) is 35.0 Å². The smallest absolute Gasteiger partial charge is 0.338 e. The normalized spacial score (nSPS) is 10.6. The summed E-state index contributed by atoms with van der Waals surface area (Å²) >= 11 is 1.41. The van der Waals surface area contributed by atoms with Gasteiger partial charge in [-0.2, -0.15) is 0 Å². The quantitative estimate of drug-likeness (QED) is 0.742. The number of anilines is 1. The largest absolute Gasteiger partial charge is 0.478 e. The molecule has 0 saturated heterocycles. The van der Waals surface area contributed by atoms with Crippen LogP contribution in [0, 0.1) is 0 Å². The molecule has 1 heterocycles. The fraction of sp³-hybridized carbons (Fsp3) is 0.375. The van der Waals surface area contributed by atoms with Gasteiger partial charge >= 0.3 is 5.97 Å². The molecule has 0 radical (unpaired) electrons. The van der Waals surface area contributed by atoms with Crippen LogP contribution in [0.2, 0.25) is 0 Å². The average molecular weight is 185 g/mol. The number of carboxylic acids is 1. The molecule has 0 aliphatic rings. The van der Waals surface area contributed by atoms with Gasteiger partial charge in [0.25, 0.3) is 0 Å². The third-order valence-corrected chi connectivity index (χ3v) is 2.91. The van der Waals surface area contributed by atoms with Crippen molar-refractivity contribution in [3.05, 3.63) is 15.8 Å². The van der Waals surface area contributed by atoms with E-state index in [0.717, 1.165) is 4.88 Å². The van der Waals surface area contributed by atoms with Gasteiger partial charge in [0.1, 0.15) is 0 Å². The third-order valence-electron chi connectivity index (χ3n) is 1.61. The molecule has 12 heavy (non-hydrogen) atoms. The Morgan fingerprint density at radius 1 is 1.67 bits per heavy atom. The van der Waals surface area contributed by atoms with Gasteiger partial charge < -0.3 is 10.8 Å². The van der Waals surface area contributed by atoms with E-state index in [9.17, 15) is 4.79 Å². The van der Waals surface area contributed by atoms with Crippen molar-refractivity contribution in [1.82, 2.24) is 0 Å². The van der Waals surface area contributed by atoms with E-state index >= 15 is 0 Å². The van der Waals surface area contributed by atoms with Crippen molar-refractivity contribution in [2.75, 3.05) is 5.73 Å². The maximum absolute atomic E-state index is 10.6. The Morgan fingerprint density at radius 2 is 2.25 bits per heavy atom. The van der Waals surface area contributed by atoms with Crippen LogP contribution in [0.25, 0.3) is 0 Å². The second-order valence-electron chi connectivity index (χ2n) is 2.89. The second-order valence-corrected chi connectivity index (χ2v) is 3.80. The Kier molecular flexibility index (Phi) is 2.38. The summed E-state index contributed by atoms with van der Waals surface area (Å²) in [4.78, 5) is 11.5. The third kappa shape index (κ3) is 1.43. The van der Waals surface area contributed by atoms with E-state index in [2.05, 4.69) is 0 Å². The zero-order valence-corrected chi connectivity index (χ0v) is 7.81. The summed E-state index contributed by atoms with van der Waals surface area (Å²) in [6.45, 7) is 3.99. The predicted octanol–water partition coefficient (Wildman–Crippen LogP) is 2.15. The van der Waals surface area contributed by atoms with Crippen LogP contribution >= 0.6 is 11.3 Å². The van der Waals surface area contributed by atoms with Crippen molar-refractivity contribution >= 4 is 23.0 Å². The van der Waals surface area contributed by atoms with Gasteiger partial charge in [-0.1, -0.05) is 13.8 Å². The minimum Gasteiger partial charge on any atom is -0.478 e. The topological polar surface area (TPSA) is 63.3 Å². The molecule has 3 N–H and O–H groups in total. The Balaban J connectivity index is 3.13. The number of rotatable bonds is 2. The van der Waals surface area contributed by atoms with Crippen molar-refractivity contribution in [3.8, 4) is 0 Å². The van der Waals surface area contributed by atoms with Crippen LogP contribution < -0.4 is 5.73 Å². The van der Waals surface area contributed by atoms with E-state index in [0.29, 0.717) is 11.6 Å². The highest BCUT2D eigenvalue weighted by Gasteiger charge is 2.15. The molecular weight excluding hydrogens is 174 g/mol. The molecule has 1 aromatic heterocycles. The summed E-state index contributed by atoms with van der Waals surface area (Å²) < 4.78 is 0. The summed E-state index contributed by atoms with van der Waals surface area (Å²) in [5.41, 5.74) is 6.28. The number of nitrogen functional groups attached to an aromatic ring is 1. The molecule has 0 unspecified atom stereocenters. The van der Waals surface area contributed by atoms with Crippen molar-refractivity contribution in [3.63, 3.8) is 0 Å². The lowest BCUT2D eigenvalue weighted by Crippen LogP contribution is -2.00. The van der Waals surface area contributed by atoms with Gasteiger partial charge in [0, 0.05) is 10.3 Å². The first kappa shape index (κ1) is 9.06. The number of nitrogens with two attached hydrogens (primary N) is 1. The van der Waals surface area contributed by atoms with Crippen molar-refractivity contribution < 1.29 is 9.90 Å². The molecule has 0 spiro atoms. The molecular formula is C8H11NO2S. The molecule has 0 fully saturated rings. The maximum Gasteiger partial charge on any atom is 0.338 e. The number of carboxylic acid groups (broad SMARTS) is 1. The number of aromatic carboxylic acids is 1. The highest BCUT2D eigenvalue weighted by Crippen LogP contribution is 2.31. The molecule has 0 bridgehead atoms. The fourth-order valence-electron chi connectivity index (χ4n) is 0.995. The summed E-state index contributed by atoms with van der Waals surface area (Å²) in [6.07, 6.45) is 0.